The second-order valence-corrected chi connectivity index (χ2v) is 10.5. The van der Waals surface area contributed by atoms with E-state index in [-0.39, 0.29) is 35.9 Å². The lowest BCUT2D eigenvalue weighted by Gasteiger charge is -2.35. The fraction of sp³-hybridized carbons (Fsp3) is 0.536. The first-order valence-corrected chi connectivity index (χ1v) is 13.8. The van der Waals surface area contributed by atoms with Crippen molar-refractivity contribution in [2.45, 2.75) is 44.7 Å². The van der Waals surface area contributed by atoms with E-state index in [2.05, 4.69) is 26.7 Å². The molecule has 4 rings (SSSR count). The second-order valence-electron chi connectivity index (χ2n) is 10.5. The van der Waals surface area contributed by atoms with Crippen LogP contribution in [0.3, 0.4) is 0 Å². The number of piperidine rings is 2. The molecule has 10 nitrogen and oxygen atoms in total. The topological polar surface area (TPSA) is 134 Å². The summed E-state index contributed by atoms with van der Waals surface area (Å²) in [5.41, 5.74) is 1.56. The molecule has 2 aliphatic rings. The number of carbonyl (C=O) groups is 2. The fourth-order valence-corrected chi connectivity index (χ4v) is 5.33. The summed E-state index contributed by atoms with van der Waals surface area (Å²) in [7, 11) is 0. The van der Waals surface area contributed by atoms with Gasteiger partial charge in [-0.05, 0) is 62.1 Å². The highest BCUT2D eigenvalue weighted by molar-refractivity contribution is 5.79. The number of carboxylic acid groups (broad SMARTS) is 1. The standard InChI is InChI=1S/C28H34F3N7O3/c29-28(30,31)26-35-23(37-14-9-20(10-15-37)8-12-34-27(40)41)16-24(36-26)38-13-1-2-22(18-38)25(39)33-11-7-19-3-5-21(17-32)6-4-19/h3-6,16,20,22,34H,1-2,7-15,18H2,(H,33,39)(H,40,41). The number of rotatable bonds is 9. The largest absolute Gasteiger partial charge is 0.465 e. The van der Waals surface area contributed by atoms with Crippen LogP contribution in [0.1, 0.15) is 49.1 Å². The minimum atomic E-state index is -4.72. The van der Waals surface area contributed by atoms with Gasteiger partial charge in [0.25, 0.3) is 0 Å². The van der Waals surface area contributed by atoms with E-state index in [9.17, 15) is 22.8 Å². The van der Waals surface area contributed by atoms with Crippen molar-refractivity contribution in [1.82, 2.24) is 20.6 Å². The van der Waals surface area contributed by atoms with E-state index >= 15 is 0 Å². The van der Waals surface area contributed by atoms with Gasteiger partial charge in [-0.3, -0.25) is 4.79 Å². The number of alkyl halides is 3. The number of hydrogen-bond acceptors (Lipinski definition) is 7. The number of nitriles is 1. The smallest absolute Gasteiger partial charge is 0.451 e. The quantitative estimate of drug-likeness (QED) is 0.412. The fourth-order valence-electron chi connectivity index (χ4n) is 5.33. The first kappa shape index (κ1) is 29.9. The molecule has 2 saturated heterocycles. The van der Waals surface area contributed by atoms with E-state index in [1.165, 1.54) is 0 Å². The predicted octanol–water partition coefficient (Wildman–Crippen LogP) is 3.82. The molecule has 3 heterocycles. The number of halogens is 3. The van der Waals surface area contributed by atoms with E-state index < -0.39 is 18.1 Å². The van der Waals surface area contributed by atoms with Crippen LogP contribution in [0.15, 0.2) is 30.3 Å². The molecule has 1 aromatic carbocycles. The van der Waals surface area contributed by atoms with Crippen molar-refractivity contribution in [3.63, 3.8) is 0 Å². The van der Waals surface area contributed by atoms with Crippen molar-refractivity contribution in [3.05, 3.63) is 47.3 Å². The third-order valence-corrected chi connectivity index (χ3v) is 7.63. The maximum absolute atomic E-state index is 13.8. The maximum atomic E-state index is 13.8. The Morgan fingerprint density at radius 1 is 1.00 bits per heavy atom. The lowest BCUT2D eigenvalue weighted by Crippen LogP contribution is -2.44. The van der Waals surface area contributed by atoms with Crippen LogP contribution in [0.25, 0.3) is 0 Å². The molecule has 0 radical (unpaired) electrons. The van der Waals surface area contributed by atoms with Crippen molar-refractivity contribution in [1.29, 1.82) is 5.26 Å². The van der Waals surface area contributed by atoms with Crippen LogP contribution < -0.4 is 20.4 Å². The second kappa shape index (κ2) is 13.5. The van der Waals surface area contributed by atoms with Crippen molar-refractivity contribution in [2.75, 3.05) is 49.1 Å². The molecule has 220 valence electrons. The molecule has 2 amide bonds. The van der Waals surface area contributed by atoms with Crippen LogP contribution >= 0.6 is 0 Å². The zero-order chi connectivity index (χ0) is 29.4. The van der Waals surface area contributed by atoms with Crippen LogP contribution in [0.2, 0.25) is 0 Å². The molecule has 0 spiro atoms. The maximum Gasteiger partial charge on any atom is 0.451 e. The average molecular weight is 574 g/mol. The van der Waals surface area contributed by atoms with E-state index in [4.69, 9.17) is 10.4 Å². The minimum Gasteiger partial charge on any atom is -0.465 e. The van der Waals surface area contributed by atoms with Crippen molar-refractivity contribution in [2.24, 2.45) is 11.8 Å². The van der Waals surface area contributed by atoms with Crippen LogP contribution in [0.5, 0.6) is 0 Å². The van der Waals surface area contributed by atoms with Crippen LogP contribution in [0.4, 0.5) is 29.6 Å². The molecule has 13 heteroatoms. The van der Waals surface area contributed by atoms with Crippen molar-refractivity contribution >= 4 is 23.6 Å². The Balaban J connectivity index is 1.38. The molecular formula is C28H34F3N7O3. The third kappa shape index (κ3) is 8.45. The Morgan fingerprint density at radius 2 is 1.68 bits per heavy atom. The first-order chi connectivity index (χ1) is 19.6. The van der Waals surface area contributed by atoms with E-state index in [0.717, 1.165) is 18.4 Å². The Hall–Kier alpha value is -4.08. The number of benzene rings is 1. The van der Waals surface area contributed by atoms with Gasteiger partial charge in [0.15, 0.2) is 0 Å². The Labute approximate surface area is 236 Å². The summed E-state index contributed by atoms with van der Waals surface area (Å²) in [6.07, 6.45) is -1.80. The Kier molecular flexibility index (Phi) is 9.86. The third-order valence-electron chi connectivity index (χ3n) is 7.63. The molecule has 0 saturated carbocycles. The summed E-state index contributed by atoms with van der Waals surface area (Å²) in [5.74, 6) is -1.09. The van der Waals surface area contributed by atoms with Gasteiger partial charge < -0.3 is 25.5 Å². The minimum absolute atomic E-state index is 0.145. The van der Waals surface area contributed by atoms with Gasteiger partial charge in [0, 0.05) is 45.3 Å². The molecule has 3 N–H and O–H groups in total. The van der Waals surface area contributed by atoms with E-state index in [0.29, 0.717) is 64.0 Å². The lowest BCUT2D eigenvalue weighted by atomic mass is 9.93. The molecule has 2 aromatic rings. The predicted molar refractivity (Wildman–Crippen MR) is 145 cm³/mol. The van der Waals surface area contributed by atoms with Gasteiger partial charge in [-0.25, -0.2) is 14.8 Å². The highest BCUT2D eigenvalue weighted by atomic mass is 19.4. The summed E-state index contributed by atoms with van der Waals surface area (Å²) in [6, 6.07) is 10.8. The lowest BCUT2D eigenvalue weighted by molar-refractivity contribution is -0.144. The monoisotopic (exact) mass is 573 g/mol. The molecule has 1 atom stereocenters. The number of nitrogens with one attached hydrogen (secondary N) is 2. The summed E-state index contributed by atoms with van der Waals surface area (Å²) < 4.78 is 41.3. The van der Waals surface area contributed by atoms with Gasteiger partial charge in [0.05, 0.1) is 17.6 Å². The summed E-state index contributed by atoms with van der Waals surface area (Å²) in [5, 5.41) is 22.9. The Morgan fingerprint density at radius 3 is 2.32 bits per heavy atom. The van der Waals surface area contributed by atoms with E-state index in [1.54, 1.807) is 23.1 Å². The van der Waals surface area contributed by atoms with Gasteiger partial charge in [-0.15, -0.1) is 0 Å². The van der Waals surface area contributed by atoms with Gasteiger partial charge >= 0.3 is 12.3 Å². The molecule has 0 aliphatic carbocycles. The summed E-state index contributed by atoms with van der Waals surface area (Å²) in [6.45, 7) is 2.52. The number of hydrogen-bond donors (Lipinski definition) is 3. The average Bonchev–Trinajstić information content (AvgIpc) is 2.97. The van der Waals surface area contributed by atoms with Crippen LogP contribution in [-0.2, 0) is 17.4 Å². The number of nitrogens with zero attached hydrogens (tertiary/aromatic N) is 5. The van der Waals surface area contributed by atoms with Crippen molar-refractivity contribution in [3.8, 4) is 6.07 Å². The first-order valence-electron chi connectivity index (χ1n) is 13.8. The molecule has 41 heavy (non-hydrogen) atoms. The Bertz CT molecular complexity index is 1240. The zero-order valence-electron chi connectivity index (χ0n) is 22.7. The van der Waals surface area contributed by atoms with Gasteiger partial charge in [-0.2, -0.15) is 18.4 Å². The van der Waals surface area contributed by atoms with Gasteiger partial charge in [0.1, 0.15) is 11.6 Å². The molecular weight excluding hydrogens is 539 g/mol. The number of anilines is 2. The van der Waals surface area contributed by atoms with E-state index in [1.807, 2.05) is 17.0 Å². The molecule has 0 bridgehead atoms. The highest BCUT2D eigenvalue weighted by Crippen LogP contribution is 2.33. The molecule has 1 aromatic heterocycles. The number of aromatic nitrogens is 2. The SMILES string of the molecule is N#Cc1ccc(CCNC(=O)C2CCCN(c3cc(N4CCC(CCNC(=O)O)CC4)nc(C(F)(F)F)n3)C2)cc1. The van der Waals surface area contributed by atoms with Crippen LogP contribution in [-0.4, -0.2) is 66.3 Å². The normalized spacial score (nSPS) is 18.0. The number of amides is 2. The zero-order valence-corrected chi connectivity index (χ0v) is 22.7. The summed E-state index contributed by atoms with van der Waals surface area (Å²) >= 11 is 0. The number of carbonyl (C=O) groups excluding carboxylic acids is 1. The summed E-state index contributed by atoms with van der Waals surface area (Å²) in [4.78, 5) is 34.8. The molecule has 2 fully saturated rings. The molecule has 2 aliphatic heterocycles. The van der Waals surface area contributed by atoms with Gasteiger partial charge in [0.2, 0.25) is 11.7 Å². The molecule has 1 unspecified atom stereocenters. The van der Waals surface area contributed by atoms with Crippen LogP contribution in [0, 0.1) is 23.2 Å². The van der Waals surface area contributed by atoms with Gasteiger partial charge in [-0.1, -0.05) is 12.1 Å². The van der Waals surface area contributed by atoms with Crippen molar-refractivity contribution < 1.29 is 27.9 Å². The highest BCUT2D eigenvalue weighted by Gasteiger charge is 2.37.